The molecule has 1 aromatic rings. The third-order valence-electron chi connectivity index (χ3n) is 3.72. The molecule has 2 atom stereocenters. The lowest BCUT2D eigenvalue weighted by molar-refractivity contribution is 0.106. The van der Waals surface area contributed by atoms with Crippen molar-refractivity contribution in [2.75, 3.05) is 20.2 Å². The van der Waals surface area contributed by atoms with Crippen LogP contribution in [0.1, 0.15) is 26.2 Å². The van der Waals surface area contributed by atoms with Gasteiger partial charge in [-0.3, -0.25) is 4.68 Å². The maximum absolute atomic E-state index is 11.5. The van der Waals surface area contributed by atoms with E-state index in [2.05, 4.69) is 17.3 Å². The summed E-state index contributed by atoms with van der Waals surface area (Å²) in [5, 5.41) is 7.80. The standard InChI is InChI=1S/C14H24N4O2/c1-12(6-10-18-9-4-7-15-18)16-13-5-3-8-17(11-13)14(19)20-2/h4,7,9,12-13,16H,3,5-6,8,10-11H2,1-2H3/t12-,13-/m1/s1. The van der Waals surface area contributed by atoms with E-state index < -0.39 is 0 Å². The molecule has 6 nitrogen and oxygen atoms in total. The molecule has 1 fully saturated rings. The Bertz CT molecular complexity index is 407. The summed E-state index contributed by atoms with van der Waals surface area (Å²) >= 11 is 0. The first-order valence-electron chi connectivity index (χ1n) is 7.25. The van der Waals surface area contributed by atoms with Gasteiger partial charge in [0.25, 0.3) is 0 Å². The van der Waals surface area contributed by atoms with Crippen LogP contribution in [0.15, 0.2) is 18.5 Å². The van der Waals surface area contributed by atoms with Gasteiger partial charge in [-0.25, -0.2) is 4.79 Å². The Hall–Kier alpha value is -1.56. The molecule has 6 heteroatoms. The molecule has 0 aliphatic carbocycles. The number of hydrogen-bond acceptors (Lipinski definition) is 4. The zero-order valence-electron chi connectivity index (χ0n) is 12.3. The molecule has 0 spiro atoms. The van der Waals surface area contributed by atoms with Gasteiger partial charge in [-0.2, -0.15) is 5.10 Å². The molecule has 2 heterocycles. The van der Waals surface area contributed by atoms with E-state index in [0.29, 0.717) is 12.1 Å². The predicted molar refractivity (Wildman–Crippen MR) is 76.4 cm³/mol. The van der Waals surface area contributed by atoms with Crippen molar-refractivity contribution in [3.05, 3.63) is 18.5 Å². The van der Waals surface area contributed by atoms with Crippen molar-refractivity contribution >= 4 is 6.09 Å². The summed E-state index contributed by atoms with van der Waals surface area (Å²) in [6.07, 6.45) is 6.72. The van der Waals surface area contributed by atoms with Gasteiger partial charge >= 0.3 is 6.09 Å². The Morgan fingerprint density at radius 3 is 3.15 bits per heavy atom. The molecule has 20 heavy (non-hydrogen) atoms. The largest absolute Gasteiger partial charge is 0.453 e. The number of nitrogens with one attached hydrogen (secondary N) is 1. The number of methoxy groups -OCH3 is 1. The summed E-state index contributed by atoms with van der Waals surface area (Å²) in [6, 6.07) is 2.70. The van der Waals surface area contributed by atoms with Crippen LogP contribution in [0.3, 0.4) is 0 Å². The van der Waals surface area contributed by atoms with Gasteiger partial charge < -0.3 is 15.0 Å². The van der Waals surface area contributed by atoms with Crippen LogP contribution in [0.5, 0.6) is 0 Å². The average Bonchev–Trinajstić information content (AvgIpc) is 2.98. The van der Waals surface area contributed by atoms with E-state index in [0.717, 1.165) is 38.9 Å². The van der Waals surface area contributed by atoms with Crippen molar-refractivity contribution in [1.29, 1.82) is 0 Å². The second-order valence-corrected chi connectivity index (χ2v) is 5.38. The Balaban J connectivity index is 1.73. The first kappa shape index (κ1) is 14.8. The molecule has 1 aromatic heterocycles. The Morgan fingerprint density at radius 1 is 1.60 bits per heavy atom. The molecular weight excluding hydrogens is 256 g/mol. The fraction of sp³-hybridized carbons (Fsp3) is 0.714. The minimum absolute atomic E-state index is 0.222. The number of hydrogen-bond donors (Lipinski definition) is 1. The number of carbonyl (C=O) groups excluding carboxylic acids is 1. The number of carbonyl (C=O) groups is 1. The molecule has 1 amide bonds. The molecule has 1 N–H and O–H groups in total. The molecule has 0 bridgehead atoms. The minimum atomic E-state index is -0.222. The number of rotatable bonds is 5. The molecule has 1 saturated heterocycles. The van der Waals surface area contributed by atoms with E-state index in [1.807, 2.05) is 16.9 Å². The van der Waals surface area contributed by atoms with Crippen molar-refractivity contribution in [2.24, 2.45) is 0 Å². The fourth-order valence-electron chi connectivity index (χ4n) is 2.65. The smallest absolute Gasteiger partial charge is 0.409 e. The Morgan fingerprint density at radius 2 is 2.45 bits per heavy atom. The molecule has 1 aliphatic heterocycles. The average molecular weight is 280 g/mol. The van der Waals surface area contributed by atoms with Gasteiger partial charge in [-0.15, -0.1) is 0 Å². The van der Waals surface area contributed by atoms with E-state index in [9.17, 15) is 4.79 Å². The van der Waals surface area contributed by atoms with Gasteiger partial charge in [-0.1, -0.05) is 0 Å². The van der Waals surface area contributed by atoms with Crippen LogP contribution in [0.2, 0.25) is 0 Å². The Labute approximate surface area is 120 Å². The lowest BCUT2D eigenvalue weighted by atomic mass is 10.0. The molecule has 0 aromatic carbocycles. The third-order valence-corrected chi connectivity index (χ3v) is 3.72. The molecular formula is C14H24N4O2. The van der Waals surface area contributed by atoms with Crippen LogP contribution < -0.4 is 5.32 Å². The summed E-state index contributed by atoms with van der Waals surface area (Å²) in [4.78, 5) is 13.3. The van der Waals surface area contributed by atoms with E-state index in [4.69, 9.17) is 4.74 Å². The van der Waals surface area contributed by atoms with Gasteiger partial charge in [0.1, 0.15) is 0 Å². The number of amides is 1. The highest BCUT2D eigenvalue weighted by atomic mass is 16.5. The third kappa shape index (κ3) is 4.23. The molecule has 0 saturated carbocycles. The highest BCUT2D eigenvalue weighted by Crippen LogP contribution is 2.12. The Kier molecular flexibility index (Phi) is 5.40. The predicted octanol–water partition coefficient (Wildman–Crippen LogP) is 1.48. The quantitative estimate of drug-likeness (QED) is 0.887. The number of aryl methyl sites for hydroxylation is 1. The van der Waals surface area contributed by atoms with Gasteiger partial charge in [0, 0.05) is 44.1 Å². The van der Waals surface area contributed by atoms with Crippen LogP contribution >= 0.6 is 0 Å². The van der Waals surface area contributed by atoms with Gasteiger partial charge in [0.2, 0.25) is 0 Å². The molecule has 0 unspecified atom stereocenters. The normalized spacial score (nSPS) is 20.7. The zero-order chi connectivity index (χ0) is 14.4. The van der Waals surface area contributed by atoms with Crippen LogP contribution in [-0.2, 0) is 11.3 Å². The van der Waals surface area contributed by atoms with Gasteiger partial charge in [0.15, 0.2) is 0 Å². The zero-order valence-corrected chi connectivity index (χ0v) is 12.3. The van der Waals surface area contributed by atoms with Crippen LogP contribution in [0, 0.1) is 0 Å². The first-order valence-corrected chi connectivity index (χ1v) is 7.25. The number of piperidine rings is 1. The van der Waals surface area contributed by atoms with Crippen molar-refractivity contribution in [3.63, 3.8) is 0 Å². The van der Waals surface area contributed by atoms with Crippen molar-refractivity contribution in [1.82, 2.24) is 20.0 Å². The van der Waals surface area contributed by atoms with E-state index >= 15 is 0 Å². The van der Waals surface area contributed by atoms with E-state index in [1.54, 1.807) is 11.1 Å². The van der Waals surface area contributed by atoms with Gasteiger partial charge in [0.05, 0.1) is 7.11 Å². The number of likely N-dealkylation sites (tertiary alicyclic amines) is 1. The maximum atomic E-state index is 11.5. The van der Waals surface area contributed by atoms with Crippen molar-refractivity contribution in [3.8, 4) is 0 Å². The molecule has 2 rings (SSSR count). The van der Waals surface area contributed by atoms with Crippen LogP contribution in [0.4, 0.5) is 4.79 Å². The number of aromatic nitrogens is 2. The summed E-state index contributed by atoms with van der Waals surface area (Å²) in [5.74, 6) is 0. The monoisotopic (exact) mass is 280 g/mol. The number of ether oxygens (including phenoxy) is 1. The summed E-state index contributed by atoms with van der Waals surface area (Å²) in [6.45, 7) is 4.63. The number of nitrogens with zero attached hydrogens (tertiary/aromatic N) is 3. The fourth-order valence-corrected chi connectivity index (χ4v) is 2.65. The molecule has 0 radical (unpaired) electrons. The highest BCUT2D eigenvalue weighted by molar-refractivity contribution is 5.67. The van der Waals surface area contributed by atoms with E-state index in [-0.39, 0.29) is 6.09 Å². The second-order valence-electron chi connectivity index (χ2n) is 5.38. The highest BCUT2D eigenvalue weighted by Gasteiger charge is 2.24. The van der Waals surface area contributed by atoms with E-state index in [1.165, 1.54) is 7.11 Å². The van der Waals surface area contributed by atoms with Crippen molar-refractivity contribution in [2.45, 2.75) is 44.8 Å². The SMILES string of the molecule is COC(=O)N1CCC[C@@H](N[C@H](C)CCn2cccn2)C1. The van der Waals surface area contributed by atoms with Crippen LogP contribution in [-0.4, -0.2) is 53.1 Å². The van der Waals surface area contributed by atoms with Gasteiger partial charge in [-0.05, 0) is 32.3 Å². The summed E-state index contributed by atoms with van der Waals surface area (Å²) in [7, 11) is 1.44. The summed E-state index contributed by atoms with van der Waals surface area (Å²) < 4.78 is 6.73. The lowest BCUT2D eigenvalue weighted by Gasteiger charge is -2.33. The lowest BCUT2D eigenvalue weighted by Crippen LogP contribution is -2.50. The molecule has 1 aliphatic rings. The first-order chi connectivity index (χ1) is 9.69. The minimum Gasteiger partial charge on any atom is -0.453 e. The molecule has 112 valence electrons. The second kappa shape index (κ2) is 7.28. The topological polar surface area (TPSA) is 59.4 Å². The summed E-state index contributed by atoms with van der Waals surface area (Å²) in [5.41, 5.74) is 0. The maximum Gasteiger partial charge on any atom is 0.409 e. The van der Waals surface area contributed by atoms with Crippen molar-refractivity contribution < 1.29 is 9.53 Å². The van der Waals surface area contributed by atoms with Crippen LogP contribution in [0.25, 0.3) is 0 Å².